The van der Waals surface area contributed by atoms with Crippen LogP contribution in [0.25, 0.3) is 11.3 Å². The Morgan fingerprint density at radius 1 is 1.37 bits per heavy atom. The summed E-state index contributed by atoms with van der Waals surface area (Å²) in [6, 6.07) is 5.04. The van der Waals surface area contributed by atoms with Crippen LogP contribution in [0.3, 0.4) is 0 Å². The van der Waals surface area contributed by atoms with Crippen molar-refractivity contribution >= 4 is 50.9 Å². The molecule has 19 heavy (non-hydrogen) atoms. The maximum atomic E-state index is 11.2. The summed E-state index contributed by atoms with van der Waals surface area (Å²) >= 11 is 15.2. The molecule has 7 heteroatoms. The van der Waals surface area contributed by atoms with Crippen molar-refractivity contribution in [1.29, 1.82) is 0 Å². The molecule has 0 bridgehead atoms. The zero-order chi connectivity index (χ0) is 14.0. The number of aromatic nitrogens is 2. The van der Waals surface area contributed by atoms with Crippen molar-refractivity contribution in [3.05, 3.63) is 39.0 Å². The first-order valence-electron chi connectivity index (χ1n) is 5.23. The Bertz CT molecular complexity index is 649. The molecule has 98 valence electrons. The van der Waals surface area contributed by atoms with Gasteiger partial charge in [-0.05, 0) is 34.1 Å². The Morgan fingerprint density at radius 3 is 2.74 bits per heavy atom. The molecule has 0 saturated carbocycles. The summed E-state index contributed by atoms with van der Waals surface area (Å²) in [6.07, 6.45) is 1.53. The third-order valence-corrected chi connectivity index (χ3v) is 3.15. The van der Waals surface area contributed by atoms with E-state index in [1.165, 1.54) is 13.1 Å². The van der Waals surface area contributed by atoms with Gasteiger partial charge in [-0.25, -0.2) is 9.97 Å². The van der Waals surface area contributed by atoms with Crippen LogP contribution in [0, 0.1) is 0 Å². The molecule has 1 aromatic heterocycles. The fourth-order valence-electron chi connectivity index (χ4n) is 1.50. The van der Waals surface area contributed by atoms with Crippen LogP contribution in [0.2, 0.25) is 10.0 Å². The number of nitrogens with zero attached hydrogens (tertiary/aromatic N) is 2. The van der Waals surface area contributed by atoms with Crippen LogP contribution in [0.15, 0.2) is 29.0 Å². The van der Waals surface area contributed by atoms with Gasteiger partial charge in [0, 0.05) is 17.5 Å². The zero-order valence-electron chi connectivity index (χ0n) is 9.75. The van der Waals surface area contributed by atoms with Gasteiger partial charge in [-0.1, -0.05) is 23.2 Å². The van der Waals surface area contributed by atoms with E-state index in [4.69, 9.17) is 23.2 Å². The Morgan fingerprint density at radius 2 is 2.11 bits per heavy atom. The third-order valence-electron chi connectivity index (χ3n) is 2.22. The molecule has 2 aromatic rings. The molecule has 0 radical (unpaired) electrons. The average molecular weight is 361 g/mol. The van der Waals surface area contributed by atoms with Gasteiger partial charge in [0.25, 0.3) is 0 Å². The lowest BCUT2D eigenvalue weighted by Gasteiger charge is -2.10. The Hall–Kier alpha value is -1.17. The van der Waals surface area contributed by atoms with Gasteiger partial charge in [-0.2, -0.15) is 0 Å². The molecular weight excluding hydrogens is 353 g/mol. The van der Waals surface area contributed by atoms with E-state index >= 15 is 0 Å². The van der Waals surface area contributed by atoms with Gasteiger partial charge in [-0.15, -0.1) is 0 Å². The van der Waals surface area contributed by atoms with Crippen LogP contribution in [0.1, 0.15) is 6.92 Å². The maximum Gasteiger partial charge on any atom is 0.222 e. The molecule has 1 heterocycles. The maximum absolute atomic E-state index is 11.2. The van der Waals surface area contributed by atoms with Crippen molar-refractivity contribution in [2.45, 2.75) is 6.92 Å². The highest BCUT2D eigenvalue weighted by Crippen LogP contribution is 2.33. The second-order valence-electron chi connectivity index (χ2n) is 3.70. The second kappa shape index (κ2) is 5.86. The molecule has 0 aliphatic carbocycles. The summed E-state index contributed by atoms with van der Waals surface area (Å²) in [5, 5.41) is 3.59. The number of halogens is 3. The van der Waals surface area contributed by atoms with Crippen molar-refractivity contribution in [2.24, 2.45) is 0 Å². The Balaban J connectivity index is 2.57. The number of nitrogens with one attached hydrogen (secondary N) is 1. The summed E-state index contributed by atoms with van der Waals surface area (Å²) in [5.74, 6) is 0.102. The Kier molecular flexibility index (Phi) is 4.39. The minimum atomic E-state index is -0.237. The van der Waals surface area contributed by atoms with E-state index in [1.807, 2.05) is 0 Å². The normalized spacial score (nSPS) is 10.3. The van der Waals surface area contributed by atoms with Crippen LogP contribution in [0.4, 0.5) is 5.82 Å². The molecule has 2 rings (SSSR count). The smallest absolute Gasteiger partial charge is 0.222 e. The van der Waals surface area contributed by atoms with Crippen LogP contribution >= 0.6 is 39.1 Å². The number of amides is 1. The second-order valence-corrected chi connectivity index (χ2v) is 5.35. The van der Waals surface area contributed by atoms with Gasteiger partial charge in [0.15, 0.2) is 5.82 Å². The first-order chi connectivity index (χ1) is 8.97. The lowest BCUT2D eigenvalue weighted by atomic mass is 10.1. The van der Waals surface area contributed by atoms with E-state index in [2.05, 4.69) is 31.2 Å². The minimum absolute atomic E-state index is 0.237. The topological polar surface area (TPSA) is 54.9 Å². The minimum Gasteiger partial charge on any atom is -0.309 e. The number of carbonyl (C=O) groups excluding carboxylic acids is 1. The largest absolute Gasteiger partial charge is 0.309 e. The molecule has 0 fully saturated rings. The van der Waals surface area contributed by atoms with Gasteiger partial charge in [-0.3, -0.25) is 4.79 Å². The van der Waals surface area contributed by atoms with E-state index in [1.54, 1.807) is 18.2 Å². The highest BCUT2D eigenvalue weighted by Gasteiger charge is 2.13. The van der Waals surface area contributed by atoms with Crippen molar-refractivity contribution in [3.63, 3.8) is 0 Å². The molecule has 0 atom stereocenters. The molecule has 0 aliphatic rings. The van der Waals surface area contributed by atoms with Gasteiger partial charge in [0.05, 0.1) is 11.2 Å². The molecule has 1 aromatic carbocycles. The van der Waals surface area contributed by atoms with Crippen molar-refractivity contribution in [1.82, 2.24) is 9.97 Å². The Labute approximate surface area is 128 Å². The number of rotatable bonds is 2. The summed E-state index contributed by atoms with van der Waals surface area (Å²) < 4.78 is 0.519. The first-order valence-corrected chi connectivity index (χ1v) is 6.78. The molecule has 0 saturated heterocycles. The molecular formula is C12H8BrCl2N3O. The van der Waals surface area contributed by atoms with Crippen molar-refractivity contribution in [2.75, 3.05) is 5.32 Å². The molecule has 0 spiro atoms. The van der Waals surface area contributed by atoms with Gasteiger partial charge >= 0.3 is 0 Å². The third kappa shape index (κ3) is 3.43. The zero-order valence-corrected chi connectivity index (χ0v) is 12.8. The van der Waals surface area contributed by atoms with E-state index in [0.717, 1.165) is 0 Å². The van der Waals surface area contributed by atoms with E-state index < -0.39 is 0 Å². The van der Waals surface area contributed by atoms with E-state index in [-0.39, 0.29) is 5.91 Å². The quantitative estimate of drug-likeness (QED) is 0.874. The number of hydrogen-bond acceptors (Lipinski definition) is 3. The van der Waals surface area contributed by atoms with Gasteiger partial charge in [0.1, 0.15) is 10.3 Å². The van der Waals surface area contributed by atoms with Crippen LogP contribution in [-0.2, 0) is 4.79 Å². The van der Waals surface area contributed by atoms with Crippen LogP contribution in [0.5, 0.6) is 0 Å². The van der Waals surface area contributed by atoms with E-state index in [9.17, 15) is 4.79 Å². The number of benzene rings is 1. The number of carbonyl (C=O) groups is 1. The highest BCUT2D eigenvalue weighted by atomic mass is 79.9. The summed E-state index contributed by atoms with van der Waals surface area (Å²) in [5.41, 5.74) is 1.13. The van der Waals surface area contributed by atoms with Gasteiger partial charge < -0.3 is 5.32 Å². The van der Waals surface area contributed by atoms with Gasteiger partial charge in [0.2, 0.25) is 5.91 Å². The summed E-state index contributed by atoms with van der Waals surface area (Å²) in [4.78, 5) is 19.6. The predicted octanol–water partition coefficient (Wildman–Crippen LogP) is 4.17. The summed E-state index contributed by atoms with van der Waals surface area (Å²) in [6.45, 7) is 1.40. The molecule has 1 N–H and O–H groups in total. The standard InChI is InChI=1S/C12H8BrCl2N3O/c1-6(19)17-12-11(16-5-10(13)18-12)8-3-2-7(14)4-9(8)15/h2-5H,1H3,(H,17,18,19). The molecule has 1 amide bonds. The predicted molar refractivity (Wildman–Crippen MR) is 79.5 cm³/mol. The molecule has 0 aliphatic heterocycles. The molecule has 0 unspecified atom stereocenters. The van der Waals surface area contributed by atoms with E-state index in [0.29, 0.717) is 31.7 Å². The summed E-state index contributed by atoms with van der Waals surface area (Å²) in [7, 11) is 0. The van der Waals surface area contributed by atoms with Crippen LogP contribution < -0.4 is 5.32 Å². The number of anilines is 1. The fraction of sp³-hybridized carbons (Fsp3) is 0.0833. The van der Waals surface area contributed by atoms with Crippen molar-refractivity contribution < 1.29 is 4.79 Å². The van der Waals surface area contributed by atoms with Crippen molar-refractivity contribution in [3.8, 4) is 11.3 Å². The monoisotopic (exact) mass is 359 g/mol. The van der Waals surface area contributed by atoms with Crippen LogP contribution in [-0.4, -0.2) is 15.9 Å². The first kappa shape index (κ1) is 14.2. The lowest BCUT2D eigenvalue weighted by Crippen LogP contribution is -2.10. The highest BCUT2D eigenvalue weighted by molar-refractivity contribution is 9.10. The number of hydrogen-bond donors (Lipinski definition) is 1. The molecule has 4 nitrogen and oxygen atoms in total. The fourth-order valence-corrected chi connectivity index (χ4v) is 2.28. The lowest BCUT2D eigenvalue weighted by molar-refractivity contribution is -0.114. The SMILES string of the molecule is CC(=O)Nc1nc(Br)cnc1-c1ccc(Cl)cc1Cl. The average Bonchev–Trinajstić information content (AvgIpc) is 2.30.